The second-order valence-corrected chi connectivity index (χ2v) is 5.32. The first-order valence-electron chi connectivity index (χ1n) is 6.73. The molecule has 0 aliphatic heterocycles. The highest BCUT2D eigenvalue weighted by Crippen LogP contribution is 2.25. The Morgan fingerprint density at radius 1 is 1.14 bits per heavy atom. The van der Waals surface area contributed by atoms with Gasteiger partial charge in [-0.1, -0.05) is 18.5 Å². The second kappa shape index (κ2) is 5.26. The van der Waals surface area contributed by atoms with E-state index < -0.39 is 0 Å². The van der Waals surface area contributed by atoms with Gasteiger partial charge in [0.2, 0.25) is 0 Å². The van der Waals surface area contributed by atoms with Crippen LogP contribution in [0.1, 0.15) is 23.0 Å². The summed E-state index contributed by atoms with van der Waals surface area (Å²) in [6.45, 7) is 2.00. The molecule has 0 aliphatic carbocycles. The second-order valence-electron chi connectivity index (χ2n) is 4.88. The van der Waals surface area contributed by atoms with Crippen LogP contribution >= 0.6 is 11.6 Å². The summed E-state index contributed by atoms with van der Waals surface area (Å²) in [5.41, 5.74) is 2.29. The lowest BCUT2D eigenvalue weighted by atomic mass is 10.2. The lowest BCUT2D eigenvalue weighted by molar-refractivity contribution is 0.0962. The molecular weight excluding hydrogens is 286 g/mol. The summed E-state index contributed by atoms with van der Waals surface area (Å²) in [5, 5.41) is 11.0. The first kappa shape index (κ1) is 13.7. The molecule has 3 rings (SSSR count). The highest BCUT2D eigenvalue weighted by molar-refractivity contribution is 6.30. The summed E-state index contributed by atoms with van der Waals surface area (Å²) >= 11 is 5.87. The van der Waals surface area contributed by atoms with Gasteiger partial charge in [0.1, 0.15) is 5.75 Å². The van der Waals surface area contributed by atoms with Gasteiger partial charge in [0.05, 0.1) is 5.52 Å². The Morgan fingerprint density at radius 2 is 1.86 bits per heavy atom. The van der Waals surface area contributed by atoms with E-state index in [-0.39, 0.29) is 11.7 Å². The highest BCUT2D eigenvalue weighted by Gasteiger charge is 2.16. The molecule has 0 saturated carbocycles. The van der Waals surface area contributed by atoms with Crippen molar-refractivity contribution < 1.29 is 9.90 Å². The van der Waals surface area contributed by atoms with Crippen LogP contribution in [-0.2, 0) is 6.42 Å². The molecule has 1 N–H and O–H groups in total. The quantitative estimate of drug-likeness (QED) is 0.768. The van der Waals surface area contributed by atoms with Crippen molar-refractivity contribution in [1.82, 2.24) is 4.57 Å². The van der Waals surface area contributed by atoms with Crippen molar-refractivity contribution in [2.45, 2.75) is 13.3 Å². The van der Waals surface area contributed by atoms with Crippen molar-refractivity contribution in [2.24, 2.45) is 0 Å². The maximum absolute atomic E-state index is 12.8. The zero-order chi connectivity index (χ0) is 15.0. The predicted molar refractivity (Wildman–Crippen MR) is 84.2 cm³/mol. The predicted octanol–water partition coefficient (Wildman–Crippen LogP) is 4.25. The minimum atomic E-state index is -0.0933. The van der Waals surface area contributed by atoms with Gasteiger partial charge in [0, 0.05) is 21.7 Å². The van der Waals surface area contributed by atoms with Crippen LogP contribution in [0.3, 0.4) is 0 Å². The Morgan fingerprint density at radius 3 is 2.52 bits per heavy atom. The van der Waals surface area contributed by atoms with Gasteiger partial charge in [-0.15, -0.1) is 0 Å². The molecule has 1 heterocycles. The van der Waals surface area contributed by atoms with Crippen LogP contribution in [0.2, 0.25) is 5.02 Å². The molecule has 4 heteroatoms. The summed E-state index contributed by atoms with van der Waals surface area (Å²) in [7, 11) is 0. The van der Waals surface area contributed by atoms with Crippen molar-refractivity contribution >= 4 is 28.4 Å². The number of aromatic hydroxyl groups is 1. The van der Waals surface area contributed by atoms with E-state index >= 15 is 0 Å². The average molecular weight is 300 g/mol. The molecular formula is C17H14ClNO2. The van der Waals surface area contributed by atoms with Gasteiger partial charge in [0.25, 0.3) is 5.91 Å². The summed E-state index contributed by atoms with van der Waals surface area (Å²) in [4.78, 5) is 12.8. The first-order chi connectivity index (χ1) is 10.1. The number of carbonyl (C=O) groups is 1. The SMILES string of the molecule is CCc1cc2cc(O)ccc2n1C(=O)c1ccc(Cl)cc1. The number of phenols is 1. The Kier molecular flexibility index (Phi) is 3.43. The standard InChI is InChI=1S/C17H14ClNO2/c1-2-14-9-12-10-15(20)7-8-16(12)19(14)17(21)11-3-5-13(18)6-4-11/h3-10,20H,2H2,1H3. The van der Waals surface area contributed by atoms with E-state index in [0.29, 0.717) is 10.6 Å². The number of hydrogen-bond acceptors (Lipinski definition) is 2. The molecule has 3 aromatic rings. The number of carbonyl (C=O) groups excluding carboxylic acids is 1. The number of hydrogen-bond donors (Lipinski definition) is 1. The molecule has 0 unspecified atom stereocenters. The van der Waals surface area contributed by atoms with Crippen LogP contribution in [0.4, 0.5) is 0 Å². The fourth-order valence-electron chi connectivity index (χ4n) is 2.48. The van der Waals surface area contributed by atoms with E-state index in [9.17, 15) is 9.90 Å². The van der Waals surface area contributed by atoms with Crippen LogP contribution in [0.25, 0.3) is 10.9 Å². The minimum absolute atomic E-state index is 0.0933. The fourth-order valence-corrected chi connectivity index (χ4v) is 2.61. The Bertz CT molecular complexity index is 819. The number of rotatable bonds is 2. The van der Waals surface area contributed by atoms with Crippen molar-refractivity contribution in [2.75, 3.05) is 0 Å². The van der Waals surface area contributed by atoms with E-state index in [4.69, 9.17) is 11.6 Å². The molecule has 0 saturated heterocycles. The maximum Gasteiger partial charge on any atom is 0.262 e. The van der Waals surface area contributed by atoms with Gasteiger partial charge < -0.3 is 5.11 Å². The molecule has 1 aromatic heterocycles. The van der Waals surface area contributed by atoms with Crippen molar-refractivity contribution in [1.29, 1.82) is 0 Å². The minimum Gasteiger partial charge on any atom is -0.508 e. The van der Waals surface area contributed by atoms with Gasteiger partial charge in [-0.25, -0.2) is 0 Å². The van der Waals surface area contributed by atoms with Gasteiger partial charge in [0.15, 0.2) is 0 Å². The average Bonchev–Trinajstić information content (AvgIpc) is 2.84. The first-order valence-corrected chi connectivity index (χ1v) is 7.11. The molecule has 3 nitrogen and oxygen atoms in total. The topological polar surface area (TPSA) is 42.2 Å². The molecule has 0 bridgehead atoms. The Hall–Kier alpha value is -2.26. The normalized spacial score (nSPS) is 11.0. The molecule has 0 amide bonds. The Labute approximate surface area is 127 Å². The smallest absolute Gasteiger partial charge is 0.262 e. The number of phenolic OH excluding ortho intramolecular Hbond substituents is 1. The van der Waals surface area contributed by atoms with E-state index in [0.717, 1.165) is 23.0 Å². The van der Waals surface area contributed by atoms with Crippen LogP contribution in [0.5, 0.6) is 5.75 Å². The number of benzene rings is 2. The molecule has 106 valence electrons. The number of halogens is 1. The zero-order valence-electron chi connectivity index (χ0n) is 11.5. The molecule has 0 atom stereocenters. The summed E-state index contributed by atoms with van der Waals surface area (Å²) < 4.78 is 1.69. The molecule has 21 heavy (non-hydrogen) atoms. The number of nitrogens with zero attached hydrogens (tertiary/aromatic N) is 1. The van der Waals surface area contributed by atoms with Crippen LogP contribution in [-0.4, -0.2) is 15.6 Å². The van der Waals surface area contributed by atoms with E-state index in [2.05, 4.69) is 0 Å². The van der Waals surface area contributed by atoms with Crippen LogP contribution < -0.4 is 0 Å². The van der Waals surface area contributed by atoms with Crippen LogP contribution in [0, 0.1) is 0 Å². The largest absolute Gasteiger partial charge is 0.508 e. The molecule has 0 radical (unpaired) electrons. The molecule has 0 spiro atoms. The third-order valence-electron chi connectivity index (χ3n) is 3.52. The molecule has 0 aliphatic rings. The Balaban J connectivity index is 2.18. The zero-order valence-corrected chi connectivity index (χ0v) is 12.3. The van der Waals surface area contributed by atoms with Crippen molar-refractivity contribution in [3.05, 3.63) is 64.8 Å². The third-order valence-corrected chi connectivity index (χ3v) is 3.77. The number of fused-ring (bicyclic) bond motifs is 1. The molecule has 2 aromatic carbocycles. The van der Waals surface area contributed by atoms with Gasteiger partial charge >= 0.3 is 0 Å². The highest BCUT2D eigenvalue weighted by atomic mass is 35.5. The monoisotopic (exact) mass is 299 g/mol. The summed E-state index contributed by atoms with van der Waals surface area (Å²) in [5.74, 6) is 0.102. The number of aromatic nitrogens is 1. The third kappa shape index (κ3) is 2.41. The van der Waals surface area contributed by atoms with Crippen LogP contribution in [0.15, 0.2) is 48.5 Å². The van der Waals surface area contributed by atoms with Gasteiger partial charge in [-0.3, -0.25) is 9.36 Å². The van der Waals surface area contributed by atoms with Gasteiger partial charge in [-0.05, 0) is 55.0 Å². The van der Waals surface area contributed by atoms with E-state index in [1.54, 1.807) is 47.0 Å². The fraction of sp³-hybridized carbons (Fsp3) is 0.118. The lowest BCUT2D eigenvalue weighted by Crippen LogP contribution is -2.14. The van der Waals surface area contributed by atoms with Gasteiger partial charge in [-0.2, -0.15) is 0 Å². The van der Waals surface area contributed by atoms with E-state index in [1.807, 2.05) is 13.0 Å². The summed E-state index contributed by atoms with van der Waals surface area (Å²) in [6, 6.07) is 13.8. The number of aryl methyl sites for hydroxylation is 1. The maximum atomic E-state index is 12.8. The van der Waals surface area contributed by atoms with Crippen molar-refractivity contribution in [3.8, 4) is 5.75 Å². The summed E-state index contributed by atoms with van der Waals surface area (Å²) in [6.07, 6.45) is 0.731. The van der Waals surface area contributed by atoms with E-state index in [1.165, 1.54) is 0 Å². The lowest BCUT2D eigenvalue weighted by Gasteiger charge is -2.08. The van der Waals surface area contributed by atoms with Crippen molar-refractivity contribution in [3.63, 3.8) is 0 Å². The molecule has 0 fully saturated rings.